The first-order chi connectivity index (χ1) is 0. The first-order valence-electron chi connectivity index (χ1n) is 0. The van der Waals surface area contributed by atoms with Crippen LogP contribution in [-0.4, -0.2) is 0 Å². The van der Waals surface area contributed by atoms with Gasteiger partial charge >= 0.3 is 29.6 Å². The van der Waals surface area contributed by atoms with Gasteiger partial charge in [-0.1, -0.05) is 0 Å². The van der Waals surface area contributed by atoms with Crippen molar-refractivity contribution in [3.63, 3.8) is 0 Å². The minimum absolute atomic E-state index is 0. The molecule has 0 bridgehead atoms. The Labute approximate surface area is 57.2 Å². The summed E-state index contributed by atoms with van der Waals surface area (Å²) in [5.74, 6) is 0. The maximum atomic E-state index is 0. The van der Waals surface area contributed by atoms with Crippen molar-refractivity contribution in [1.29, 1.82) is 0 Å². The molecule has 0 nitrogen and oxygen atoms in total. The molecule has 0 aromatic rings. The molecule has 0 N–H and O–H groups in total. The van der Waals surface area contributed by atoms with E-state index in [0.717, 1.165) is 0 Å². The molecule has 5 heavy (non-hydrogen) atoms. The van der Waals surface area contributed by atoms with E-state index in [9.17, 15) is 0 Å². The molecule has 0 unspecified atom stereocenters. The van der Waals surface area contributed by atoms with E-state index in [1.807, 2.05) is 0 Å². The van der Waals surface area contributed by atoms with Gasteiger partial charge in [0, 0.05) is 0 Å². The van der Waals surface area contributed by atoms with E-state index < -0.39 is 0 Å². The summed E-state index contributed by atoms with van der Waals surface area (Å²) in [6.07, 6.45) is 0. The Morgan fingerprint density at radius 3 is 0.800 bits per heavy atom. The predicted molar refractivity (Wildman–Crippen MR) is 15.4 cm³/mol. The van der Waals surface area contributed by atoms with Gasteiger partial charge in [-0.2, -0.15) is 13.5 Å². The quantitative estimate of drug-likeness (QED) is 0.277. The molecule has 0 heterocycles. The second kappa shape index (κ2) is 67.8. The smallest absolute Gasteiger partial charge is 1.00 e. The summed E-state index contributed by atoms with van der Waals surface area (Å²) in [6.45, 7) is 0. The van der Waals surface area contributed by atoms with Crippen molar-refractivity contribution in [2.45, 2.75) is 0 Å². The Morgan fingerprint density at radius 1 is 0.800 bits per heavy atom. The van der Waals surface area contributed by atoms with Gasteiger partial charge in [-0.25, -0.2) is 0 Å². The zero-order chi connectivity index (χ0) is 0. The van der Waals surface area contributed by atoms with Crippen molar-refractivity contribution >= 4 is 13.5 Å². The van der Waals surface area contributed by atoms with Crippen molar-refractivity contribution in [2.75, 3.05) is 0 Å². The molecule has 0 atom stereocenters. The number of halogens is 3. The minimum Gasteiger partial charge on any atom is -1.00 e. The Hall–Kier alpha value is 1.14. The standard InChI is InChI=1S/3FH.Na.H2S/h3*1H;;1H2/q;;;+1;/p-1. The molecule has 0 aromatic heterocycles. The fourth-order valence-electron chi connectivity index (χ4n) is 0. The Balaban J connectivity index is 0. The SMILES string of the molecule is F.F.S.[F-].[Na+]. The van der Waals surface area contributed by atoms with Crippen molar-refractivity contribution in [3.8, 4) is 0 Å². The molecule has 0 aliphatic carbocycles. The predicted octanol–water partition coefficient (Wildman–Crippen LogP) is -5.57. The molecule has 0 radical (unpaired) electrons. The van der Waals surface area contributed by atoms with Gasteiger partial charge in [-0.3, -0.25) is 9.41 Å². The molecule has 0 spiro atoms. The molecule has 32 valence electrons. The largest absolute Gasteiger partial charge is 1.00 e. The summed E-state index contributed by atoms with van der Waals surface area (Å²) in [5.41, 5.74) is 0. The van der Waals surface area contributed by atoms with Gasteiger partial charge in [-0.15, -0.1) is 0 Å². The molecular formula is H4F3NaS. The fraction of sp³-hybridized carbons (Fsp3) is 0. The van der Waals surface area contributed by atoms with Crippen LogP contribution < -0.4 is 34.3 Å². The molecule has 0 saturated heterocycles. The van der Waals surface area contributed by atoms with E-state index in [0.29, 0.717) is 0 Å². The van der Waals surface area contributed by atoms with Gasteiger partial charge in [0.05, 0.1) is 0 Å². The van der Waals surface area contributed by atoms with Crippen molar-refractivity contribution < 1.29 is 43.7 Å². The first-order valence-corrected chi connectivity index (χ1v) is 0. The second-order valence-corrected chi connectivity index (χ2v) is 0. The maximum Gasteiger partial charge on any atom is 1.00 e. The number of hydrogen-bond donors (Lipinski definition) is 0. The van der Waals surface area contributed by atoms with Crippen LogP contribution in [0.4, 0.5) is 9.41 Å². The summed E-state index contributed by atoms with van der Waals surface area (Å²) < 4.78 is 0. The van der Waals surface area contributed by atoms with Crippen LogP contribution >= 0.6 is 13.5 Å². The molecule has 0 rings (SSSR count). The first kappa shape index (κ1) is 125. The molecule has 0 amide bonds. The van der Waals surface area contributed by atoms with Crippen LogP contribution in [0.3, 0.4) is 0 Å². The van der Waals surface area contributed by atoms with Gasteiger partial charge in [-0.05, 0) is 0 Å². The van der Waals surface area contributed by atoms with Gasteiger partial charge in [0.25, 0.3) is 0 Å². The minimum atomic E-state index is 0. The topological polar surface area (TPSA) is 0 Å². The summed E-state index contributed by atoms with van der Waals surface area (Å²) >= 11 is 0. The van der Waals surface area contributed by atoms with E-state index in [-0.39, 0.29) is 57.2 Å². The Bertz CT molecular complexity index is 6.85. The second-order valence-electron chi connectivity index (χ2n) is 0. The average Bonchev–Trinajstić information content (AvgIpc) is 0. The third-order valence-electron chi connectivity index (χ3n) is 0. The normalized spacial score (nSPS) is 0. The van der Waals surface area contributed by atoms with Crippen LogP contribution in [0.2, 0.25) is 0 Å². The third-order valence-corrected chi connectivity index (χ3v) is 0. The van der Waals surface area contributed by atoms with Crippen LogP contribution in [0.15, 0.2) is 0 Å². The maximum absolute atomic E-state index is 0. The zero-order valence-corrected chi connectivity index (χ0v) is 5.69. The van der Waals surface area contributed by atoms with Crippen LogP contribution in [0.1, 0.15) is 0 Å². The van der Waals surface area contributed by atoms with Gasteiger partial charge < -0.3 is 4.70 Å². The summed E-state index contributed by atoms with van der Waals surface area (Å²) in [6, 6.07) is 0. The molecule has 0 fully saturated rings. The van der Waals surface area contributed by atoms with E-state index >= 15 is 0 Å². The monoisotopic (exact) mass is 116 g/mol. The van der Waals surface area contributed by atoms with Gasteiger partial charge in [0.2, 0.25) is 0 Å². The van der Waals surface area contributed by atoms with E-state index in [4.69, 9.17) is 0 Å². The average molecular weight is 116 g/mol. The third kappa shape index (κ3) is 39.0. The van der Waals surface area contributed by atoms with Crippen molar-refractivity contribution in [3.05, 3.63) is 0 Å². The van der Waals surface area contributed by atoms with Gasteiger partial charge in [0.1, 0.15) is 0 Å². The van der Waals surface area contributed by atoms with Crippen LogP contribution in [0, 0.1) is 0 Å². The Morgan fingerprint density at radius 2 is 0.800 bits per heavy atom. The molecule has 0 saturated carbocycles. The molecule has 0 aliphatic heterocycles. The van der Waals surface area contributed by atoms with Crippen LogP contribution in [0.25, 0.3) is 0 Å². The van der Waals surface area contributed by atoms with E-state index in [1.165, 1.54) is 0 Å². The van der Waals surface area contributed by atoms with Crippen LogP contribution in [-0.2, 0) is 0 Å². The van der Waals surface area contributed by atoms with Gasteiger partial charge in [0.15, 0.2) is 0 Å². The number of rotatable bonds is 0. The summed E-state index contributed by atoms with van der Waals surface area (Å²) in [5, 5.41) is 0. The van der Waals surface area contributed by atoms with E-state index in [1.54, 1.807) is 0 Å². The Kier molecular flexibility index (Phi) is 1690. The molecular weight excluding hydrogens is 112 g/mol. The fourth-order valence-corrected chi connectivity index (χ4v) is 0. The number of hydrogen-bond acceptors (Lipinski definition) is 0. The van der Waals surface area contributed by atoms with Crippen LogP contribution in [0.5, 0.6) is 0 Å². The van der Waals surface area contributed by atoms with E-state index in [2.05, 4.69) is 0 Å². The molecule has 0 aliphatic rings. The summed E-state index contributed by atoms with van der Waals surface area (Å²) in [4.78, 5) is 0. The summed E-state index contributed by atoms with van der Waals surface area (Å²) in [7, 11) is 0. The zero-order valence-electron chi connectivity index (χ0n) is 2.69. The molecule has 5 heteroatoms. The molecule has 0 aromatic carbocycles. The van der Waals surface area contributed by atoms with Crippen molar-refractivity contribution in [1.82, 2.24) is 0 Å². The van der Waals surface area contributed by atoms with Crippen molar-refractivity contribution in [2.24, 2.45) is 0 Å².